The SMILES string of the molecule is Cc1ccc(Oc2cccc([N+](=O)[O-])c2C)c(C=O)c1. The van der Waals surface area contributed by atoms with Crippen molar-refractivity contribution in [2.24, 2.45) is 0 Å². The van der Waals surface area contributed by atoms with Crippen LogP contribution >= 0.6 is 0 Å². The van der Waals surface area contributed by atoms with Gasteiger partial charge in [-0.3, -0.25) is 14.9 Å². The first kappa shape index (κ1) is 13.7. The summed E-state index contributed by atoms with van der Waals surface area (Å²) in [5, 5.41) is 10.9. The normalized spacial score (nSPS) is 10.1. The molecule has 0 bridgehead atoms. The molecule has 5 nitrogen and oxygen atoms in total. The minimum absolute atomic E-state index is 0.0118. The molecule has 0 aromatic heterocycles. The van der Waals surface area contributed by atoms with Gasteiger partial charge in [0.15, 0.2) is 6.29 Å². The summed E-state index contributed by atoms with van der Waals surface area (Å²) < 4.78 is 5.64. The molecule has 0 fully saturated rings. The van der Waals surface area contributed by atoms with Crippen molar-refractivity contribution in [1.82, 2.24) is 0 Å². The van der Waals surface area contributed by atoms with E-state index in [1.165, 1.54) is 6.07 Å². The highest BCUT2D eigenvalue weighted by atomic mass is 16.6. The first-order valence-electron chi connectivity index (χ1n) is 6.00. The maximum atomic E-state index is 11.0. The third-order valence-corrected chi connectivity index (χ3v) is 2.96. The number of benzene rings is 2. The molecule has 0 aliphatic heterocycles. The minimum Gasteiger partial charge on any atom is -0.456 e. The predicted molar refractivity (Wildman–Crippen MR) is 74.5 cm³/mol. The molecule has 0 saturated heterocycles. The number of aldehydes is 1. The topological polar surface area (TPSA) is 69.4 Å². The van der Waals surface area contributed by atoms with Gasteiger partial charge >= 0.3 is 0 Å². The fourth-order valence-electron chi connectivity index (χ4n) is 1.88. The molecule has 2 aromatic rings. The predicted octanol–water partition coefficient (Wildman–Crippen LogP) is 3.82. The highest BCUT2D eigenvalue weighted by Gasteiger charge is 2.15. The highest BCUT2D eigenvalue weighted by Crippen LogP contribution is 2.32. The molecule has 5 heteroatoms. The van der Waals surface area contributed by atoms with E-state index in [9.17, 15) is 14.9 Å². The number of nitrogens with zero attached hydrogens (tertiary/aromatic N) is 1. The fraction of sp³-hybridized carbons (Fsp3) is 0.133. The van der Waals surface area contributed by atoms with Crippen molar-refractivity contribution in [3.05, 3.63) is 63.2 Å². The Hall–Kier alpha value is -2.69. The lowest BCUT2D eigenvalue weighted by atomic mass is 10.1. The third kappa shape index (κ3) is 2.66. The molecular formula is C15H13NO4. The zero-order valence-corrected chi connectivity index (χ0v) is 11.1. The van der Waals surface area contributed by atoms with E-state index in [1.54, 1.807) is 31.2 Å². The second-order valence-electron chi connectivity index (χ2n) is 4.42. The first-order valence-corrected chi connectivity index (χ1v) is 6.00. The second kappa shape index (κ2) is 5.52. The Morgan fingerprint density at radius 1 is 1.15 bits per heavy atom. The van der Waals surface area contributed by atoms with Crippen molar-refractivity contribution >= 4 is 12.0 Å². The monoisotopic (exact) mass is 271 g/mol. The Balaban J connectivity index is 2.43. The van der Waals surface area contributed by atoms with Gasteiger partial charge in [-0.1, -0.05) is 17.7 Å². The van der Waals surface area contributed by atoms with Crippen LogP contribution in [0.2, 0.25) is 0 Å². The number of nitro benzene ring substituents is 1. The third-order valence-electron chi connectivity index (χ3n) is 2.96. The van der Waals surface area contributed by atoms with Crippen LogP contribution < -0.4 is 4.74 Å². The Morgan fingerprint density at radius 3 is 2.55 bits per heavy atom. The van der Waals surface area contributed by atoms with E-state index in [1.807, 2.05) is 13.0 Å². The maximum absolute atomic E-state index is 11.0. The summed E-state index contributed by atoms with van der Waals surface area (Å²) in [6.45, 7) is 3.48. The molecule has 20 heavy (non-hydrogen) atoms. The van der Waals surface area contributed by atoms with E-state index in [0.717, 1.165) is 5.56 Å². The van der Waals surface area contributed by atoms with Gasteiger partial charge < -0.3 is 4.74 Å². The van der Waals surface area contributed by atoms with Crippen LogP contribution in [-0.2, 0) is 0 Å². The van der Waals surface area contributed by atoms with E-state index >= 15 is 0 Å². The quantitative estimate of drug-likeness (QED) is 0.481. The second-order valence-corrected chi connectivity index (χ2v) is 4.42. The number of hydrogen-bond donors (Lipinski definition) is 0. The van der Waals surface area contributed by atoms with Crippen LogP contribution in [0, 0.1) is 24.0 Å². The Morgan fingerprint density at radius 2 is 1.90 bits per heavy atom. The lowest BCUT2D eigenvalue weighted by Gasteiger charge is -2.11. The van der Waals surface area contributed by atoms with Gasteiger partial charge in [0, 0.05) is 6.07 Å². The molecule has 0 saturated carbocycles. The Bertz CT molecular complexity index is 680. The van der Waals surface area contributed by atoms with E-state index < -0.39 is 4.92 Å². The van der Waals surface area contributed by atoms with Crippen LogP contribution in [0.15, 0.2) is 36.4 Å². The van der Waals surface area contributed by atoms with E-state index in [2.05, 4.69) is 0 Å². The number of aryl methyl sites for hydroxylation is 1. The summed E-state index contributed by atoms with van der Waals surface area (Å²) in [6.07, 6.45) is 0.703. The van der Waals surface area contributed by atoms with Crippen molar-refractivity contribution in [3.63, 3.8) is 0 Å². The number of carbonyl (C=O) groups is 1. The van der Waals surface area contributed by atoms with E-state index in [-0.39, 0.29) is 5.69 Å². The van der Waals surface area contributed by atoms with Crippen molar-refractivity contribution < 1.29 is 14.5 Å². The molecule has 0 atom stereocenters. The molecule has 0 N–H and O–H groups in total. The smallest absolute Gasteiger partial charge is 0.276 e. The van der Waals surface area contributed by atoms with E-state index in [0.29, 0.717) is 28.9 Å². The maximum Gasteiger partial charge on any atom is 0.276 e. The van der Waals surface area contributed by atoms with Crippen LogP contribution in [0.1, 0.15) is 21.5 Å². The van der Waals surface area contributed by atoms with Crippen LogP contribution in [0.4, 0.5) is 5.69 Å². The van der Waals surface area contributed by atoms with Crippen molar-refractivity contribution in [1.29, 1.82) is 0 Å². The zero-order valence-electron chi connectivity index (χ0n) is 11.1. The fourth-order valence-corrected chi connectivity index (χ4v) is 1.88. The van der Waals surface area contributed by atoms with E-state index in [4.69, 9.17) is 4.74 Å². The number of rotatable bonds is 4. The van der Waals surface area contributed by atoms with Crippen LogP contribution in [0.3, 0.4) is 0 Å². The summed E-state index contributed by atoms with van der Waals surface area (Å²) in [5.74, 6) is 0.750. The first-order chi connectivity index (χ1) is 9.52. The van der Waals surface area contributed by atoms with Gasteiger partial charge in [-0.2, -0.15) is 0 Å². The molecule has 102 valence electrons. The number of nitro groups is 1. The molecular weight excluding hydrogens is 258 g/mol. The molecule has 0 aliphatic carbocycles. The Kier molecular flexibility index (Phi) is 3.79. The van der Waals surface area contributed by atoms with Crippen molar-refractivity contribution in [2.45, 2.75) is 13.8 Å². The summed E-state index contributed by atoms with van der Waals surface area (Å²) >= 11 is 0. The van der Waals surface area contributed by atoms with Crippen LogP contribution in [0.25, 0.3) is 0 Å². The highest BCUT2D eigenvalue weighted by molar-refractivity contribution is 5.80. The molecule has 0 heterocycles. The molecule has 0 amide bonds. The lowest BCUT2D eigenvalue weighted by molar-refractivity contribution is -0.385. The van der Waals surface area contributed by atoms with Crippen molar-refractivity contribution in [2.75, 3.05) is 0 Å². The molecule has 0 aliphatic rings. The standard InChI is InChI=1S/C15H13NO4/c1-10-6-7-15(12(8-10)9-17)20-14-5-3-4-13(11(14)2)16(18)19/h3-9H,1-2H3. The zero-order chi connectivity index (χ0) is 14.7. The van der Waals surface area contributed by atoms with Gasteiger partial charge in [0.25, 0.3) is 5.69 Å². The van der Waals surface area contributed by atoms with Crippen molar-refractivity contribution in [3.8, 4) is 11.5 Å². The molecule has 2 aromatic carbocycles. The molecule has 2 rings (SSSR count). The van der Waals surface area contributed by atoms with Gasteiger partial charge in [-0.25, -0.2) is 0 Å². The van der Waals surface area contributed by atoms with Gasteiger partial charge in [-0.05, 0) is 32.0 Å². The van der Waals surface area contributed by atoms with Crippen LogP contribution in [-0.4, -0.2) is 11.2 Å². The summed E-state index contributed by atoms with van der Waals surface area (Å²) in [6, 6.07) is 9.80. The number of ether oxygens (including phenoxy) is 1. The summed E-state index contributed by atoms with van der Waals surface area (Å²) in [5.41, 5.74) is 1.77. The summed E-state index contributed by atoms with van der Waals surface area (Å²) in [4.78, 5) is 21.5. The lowest BCUT2D eigenvalue weighted by Crippen LogP contribution is -1.96. The average molecular weight is 271 g/mol. The van der Waals surface area contributed by atoms with Gasteiger partial charge in [-0.15, -0.1) is 0 Å². The average Bonchev–Trinajstić information content (AvgIpc) is 2.42. The van der Waals surface area contributed by atoms with Gasteiger partial charge in [0.05, 0.1) is 16.1 Å². The molecule has 0 unspecified atom stereocenters. The van der Waals surface area contributed by atoms with Crippen LogP contribution in [0.5, 0.6) is 11.5 Å². The number of hydrogen-bond acceptors (Lipinski definition) is 4. The summed E-state index contributed by atoms with van der Waals surface area (Å²) in [7, 11) is 0. The molecule has 0 radical (unpaired) electrons. The Labute approximate surface area is 116 Å². The minimum atomic E-state index is -0.460. The van der Waals surface area contributed by atoms with Gasteiger partial charge in [0.2, 0.25) is 0 Å². The molecule has 0 spiro atoms. The van der Waals surface area contributed by atoms with Gasteiger partial charge in [0.1, 0.15) is 11.5 Å². The largest absolute Gasteiger partial charge is 0.456 e. The number of carbonyl (C=O) groups excluding carboxylic acids is 1.